The topological polar surface area (TPSA) is 83.8 Å². The van der Waals surface area contributed by atoms with Crippen LogP contribution in [-0.2, 0) is 9.59 Å². The van der Waals surface area contributed by atoms with Gasteiger partial charge in [0.2, 0.25) is 0 Å². The number of carboxylic acids is 2. The summed E-state index contributed by atoms with van der Waals surface area (Å²) in [5.74, 6) is -3.04. The molecule has 1 aromatic rings. The molecule has 1 aromatic carbocycles. The highest BCUT2D eigenvalue weighted by Gasteiger charge is 2.21. The number of halogens is 1. The molecule has 6 heteroatoms. The molecule has 0 bridgehead atoms. The maximum Gasteiger partial charge on any atom is 0.310 e. The molecule has 17 heavy (non-hydrogen) atoms. The molecular weight excluding hydrogens is 248 g/mol. The second-order valence-corrected chi connectivity index (χ2v) is 3.84. The molecule has 0 amide bonds. The second kappa shape index (κ2) is 6.10. The highest BCUT2D eigenvalue weighted by molar-refractivity contribution is 6.30. The summed E-state index contributed by atoms with van der Waals surface area (Å²) in [6, 6.07) is 6.46. The number of rotatable bonds is 6. The van der Waals surface area contributed by atoms with Gasteiger partial charge in [-0.15, -0.1) is 0 Å². The van der Waals surface area contributed by atoms with Crippen molar-refractivity contribution < 1.29 is 24.5 Å². The Morgan fingerprint density at radius 1 is 1.35 bits per heavy atom. The summed E-state index contributed by atoms with van der Waals surface area (Å²) in [6.07, 6.45) is -0.476. The largest absolute Gasteiger partial charge is 0.493 e. The molecule has 0 aliphatic rings. The fourth-order valence-corrected chi connectivity index (χ4v) is 1.36. The van der Waals surface area contributed by atoms with E-state index >= 15 is 0 Å². The van der Waals surface area contributed by atoms with Crippen LogP contribution >= 0.6 is 11.6 Å². The van der Waals surface area contributed by atoms with Gasteiger partial charge in [0.1, 0.15) is 18.3 Å². The van der Waals surface area contributed by atoms with Crippen LogP contribution in [0, 0.1) is 5.92 Å². The van der Waals surface area contributed by atoms with Gasteiger partial charge in [-0.05, 0) is 18.2 Å². The SMILES string of the molecule is O=C(O)C[C@@H](COc1cccc(Cl)c1)C(=O)O. The van der Waals surface area contributed by atoms with Gasteiger partial charge in [-0.3, -0.25) is 9.59 Å². The van der Waals surface area contributed by atoms with Gasteiger partial charge in [-0.1, -0.05) is 17.7 Å². The van der Waals surface area contributed by atoms with Crippen molar-refractivity contribution in [2.75, 3.05) is 6.61 Å². The summed E-state index contributed by atoms with van der Waals surface area (Å²) in [4.78, 5) is 21.2. The first-order valence-corrected chi connectivity index (χ1v) is 5.20. The highest BCUT2D eigenvalue weighted by Crippen LogP contribution is 2.18. The lowest BCUT2D eigenvalue weighted by atomic mass is 10.1. The normalized spacial score (nSPS) is 11.8. The molecule has 0 unspecified atom stereocenters. The Balaban J connectivity index is 2.57. The van der Waals surface area contributed by atoms with Crippen molar-refractivity contribution in [1.82, 2.24) is 0 Å². The van der Waals surface area contributed by atoms with E-state index in [1.807, 2.05) is 0 Å². The zero-order valence-corrected chi connectivity index (χ0v) is 9.55. The van der Waals surface area contributed by atoms with E-state index in [9.17, 15) is 9.59 Å². The summed E-state index contributed by atoms with van der Waals surface area (Å²) in [6.45, 7) is -0.206. The maximum absolute atomic E-state index is 10.8. The molecule has 0 heterocycles. The van der Waals surface area contributed by atoms with Crippen LogP contribution < -0.4 is 4.74 Å². The molecule has 0 aromatic heterocycles. The van der Waals surface area contributed by atoms with Crippen molar-refractivity contribution in [2.24, 2.45) is 5.92 Å². The summed E-state index contributed by atoms with van der Waals surface area (Å²) in [5, 5.41) is 17.8. The molecule has 1 rings (SSSR count). The fraction of sp³-hybridized carbons (Fsp3) is 0.273. The summed E-state index contributed by atoms with van der Waals surface area (Å²) in [7, 11) is 0. The average Bonchev–Trinajstić information content (AvgIpc) is 2.23. The van der Waals surface area contributed by atoms with E-state index in [-0.39, 0.29) is 6.61 Å². The third kappa shape index (κ3) is 4.74. The Morgan fingerprint density at radius 3 is 2.59 bits per heavy atom. The minimum Gasteiger partial charge on any atom is -0.493 e. The molecule has 1 atom stereocenters. The Labute approximate surface area is 103 Å². The van der Waals surface area contributed by atoms with E-state index in [2.05, 4.69) is 0 Å². The van der Waals surface area contributed by atoms with Gasteiger partial charge in [-0.25, -0.2) is 0 Å². The Kier molecular flexibility index (Phi) is 4.78. The van der Waals surface area contributed by atoms with Gasteiger partial charge in [0.05, 0.1) is 6.42 Å². The first-order valence-electron chi connectivity index (χ1n) is 4.82. The fourth-order valence-electron chi connectivity index (χ4n) is 1.18. The standard InChI is InChI=1S/C11H11ClO5/c12-8-2-1-3-9(5-8)17-6-7(11(15)16)4-10(13)14/h1-3,5,7H,4,6H2,(H,13,14)(H,15,16)/t7-/m0/s1. The van der Waals surface area contributed by atoms with Gasteiger partial charge < -0.3 is 14.9 Å². The monoisotopic (exact) mass is 258 g/mol. The minimum atomic E-state index is -1.20. The van der Waals surface area contributed by atoms with E-state index < -0.39 is 24.3 Å². The Hall–Kier alpha value is -1.75. The molecule has 2 N–H and O–H groups in total. The third-order valence-electron chi connectivity index (χ3n) is 2.02. The molecule has 0 saturated heterocycles. The maximum atomic E-state index is 10.8. The lowest BCUT2D eigenvalue weighted by Crippen LogP contribution is -2.24. The summed E-state index contributed by atoms with van der Waals surface area (Å²) < 4.78 is 5.18. The van der Waals surface area contributed by atoms with Gasteiger partial charge in [0.25, 0.3) is 0 Å². The molecule has 0 fully saturated rings. The van der Waals surface area contributed by atoms with Crippen molar-refractivity contribution in [3.05, 3.63) is 29.3 Å². The van der Waals surface area contributed by atoms with E-state index in [1.54, 1.807) is 18.2 Å². The van der Waals surface area contributed by atoms with Crippen LogP contribution in [-0.4, -0.2) is 28.8 Å². The lowest BCUT2D eigenvalue weighted by molar-refractivity contribution is -0.149. The molecular formula is C11H11ClO5. The van der Waals surface area contributed by atoms with Crippen LogP contribution in [0.2, 0.25) is 5.02 Å². The van der Waals surface area contributed by atoms with Crippen LogP contribution in [0.15, 0.2) is 24.3 Å². The van der Waals surface area contributed by atoms with Crippen molar-refractivity contribution in [3.8, 4) is 5.75 Å². The predicted octanol–water partition coefficient (Wildman–Crippen LogP) is 1.89. The Bertz CT molecular complexity index is 418. The lowest BCUT2D eigenvalue weighted by Gasteiger charge is -2.11. The molecule has 0 radical (unpaired) electrons. The third-order valence-corrected chi connectivity index (χ3v) is 2.25. The van der Waals surface area contributed by atoms with Crippen molar-refractivity contribution >= 4 is 23.5 Å². The van der Waals surface area contributed by atoms with E-state index in [0.29, 0.717) is 10.8 Å². The zero-order chi connectivity index (χ0) is 12.8. The van der Waals surface area contributed by atoms with Gasteiger partial charge in [0, 0.05) is 5.02 Å². The van der Waals surface area contributed by atoms with E-state index in [1.165, 1.54) is 6.07 Å². The highest BCUT2D eigenvalue weighted by atomic mass is 35.5. The Morgan fingerprint density at radius 2 is 2.06 bits per heavy atom. The summed E-state index contributed by atoms with van der Waals surface area (Å²) >= 11 is 5.72. The minimum absolute atomic E-state index is 0.206. The number of carbonyl (C=O) groups is 2. The van der Waals surface area contributed by atoms with Gasteiger partial charge in [0.15, 0.2) is 0 Å². The average molecular weight is 259 g/mol. The zero-order valence-electron chi connectivity index (χ0n) is 8.80. The summed E-state index contributed by atoms with van der Waals surface area (Å²) in [5.41, 5.74) is 0. The molecule has 92 valence electrons. The number of hydrogen-bond acceptors (Lipinski definition) is 3. The van der Waals surface area contributed by atoms with Crippen molar-refractivity contribution in [2.45, 2.75) is 6.42 Å². The molecule has 0 aliphatic heterocycles. The van der Waals surface area contributed by atoms with Crippen LogP contribution in [0.5, 0.6) is 5.75 Å². The second-order valence-electron chi connectivity index (χ2n) is 3.40. The first-order chi connectivity index (χ1) is 7.99. The van der Waals surface area contributed by atoms with Gasteiger partial charge in [-0.2, -0.15) is 0 Å². The van der Waals surface area contributed by atoms with Crippen LogP contribution in [0.4, 0.5) is 0 Å². The van der Waals surface area contributed by atoms with Crippen LogP contribution in [0.3, 0.4) is 0 Å². The van der Waals surface area contributed by atoms with E-state index in [4.69, 9.17) is 26.6 Å². The van der Waals surface area contributed by atoms with Crippen molar-refractivity contribution in [3.63, 3.8) is 0 Å². The number of aliphatic carboxylic acids is 2. The molecule has 0 saturated carbocycles. The quantitative estimate of drug-likeness (QED) is 0.814. The predicted molar refractivity (Wildman–Crippen MR) is 60.3 cm³/mol. The van der Waals surface area contributed by atoms with Crippen LogP contribution in [0.1, 0.15) is 6.42 Å². The van der Waals surface area contributed by atoms with E-state index in [0.717, 1.165) is 0 Å². The molecule has 0 aliphatic carbocycles. The molecule has 5 nitrogen and oxygen atoms in total. The number of benzene rings is 1. The molecule has 0 spiro atoms. The first kappa shape index (κ1) is 13.3. The number of hydrogen-bond donors (Lipinski definition) is 2. The number of ether oxygens (including phenoxy) is 1. The number of carboxylic acid groups (broad SMARTS) is 2. The van der Waals surface area contributed by atoms with Crippen molar-refractivity contribution in [1.29, 1.82) is 0 Å². The van der Waals surface area contributed by atoms with Crippen LogP contribution in [0.25, 0.3) is 0 Å². The smallest absolute Gasteiger partial charge is 0.310 e. The van der Waals surface area contributed by atoms with Gasteiger partial charge >= 0.3 is 11.9 Å².